The number of amides is 1. The minimum atomic E-state index is -0.243. The second-order valence-corrected chi connectivity index (χ2v) is 4.91. The molecule has 1 N–H and O–H groups in total. The molecular weight excluding hydrogens is 202 g/mol. The van der Waals surface area contributed by atoms with Crippen molar-refractivity contribution >= 4 is 5.91 Å². The molecule has 1 amide bonds. The fourth-order valence-corrected chi connectivity index (χ4v) is 1.39. The molecule has 1 aromatic rings. The van der Waals surface area contributed by atoms with Crippen molar-refractivity contribution in [3.8, 4) is 5.75 Å². The maximum absolute atomic E-state index is 12.0. The van der Waals surface area contributed by atoms with Crippen LogP contribution in [0.25, 0.3) is 0 Å². The smallest absolute Gasteiger partial charge is 0.255 e. The third-order valence-corrected chi connectivity index (χ3v) is 2.09. The zero-order chi connectivity index (χ0) is 12.3. The van der Waals surface area contributed by atoms with Gasteiger partial charge in [-0.2, -0.15) is 0 Å². The number of nitrogens with one attached hydrogen (secondary N) is 1. The molecule has 0 aliphatic rings. The molecule has 0 atom stereocenters. The third kappa shape index (κ3) is 3.26. The van der Waals surface area contributed by atoms with Crippen LogP contribution in [0.5, 0.6) is 5.75 Å². The highest BCUT2D eigenvalue weighted by Gasteiger charge is 2.18. The van der Waals surface area contributed by atoms with Crippen molar-refractivity contribution in [2.24, 2.45) is 0 Å². The van der Waals surface area contributed by atoms with E-state index in [0.29, 0.717) is 11.3 Å². The first-order chi connectivity index (χ1) is 7.33. The van der Waals surface area contributed by atoms with Crippen LogP contribution in [0, 0.1) is 6.92 Å². The number of carbonyl (C=O) groups is 1. The summed E-state index contributed by atoms with van der Waals surface area (Å²) in [5.74, 6) is 0.506. The van der Waals surface area contributed by atoms with Crippen molar-refractivity contribution in [1.82, 2.24) is 5.32 Å². The summed E-state index contributed by atoms with van der Waals surface area (Å²) in [6.45, 7) is 7.82. The Morgan fingerprint density at radius 3 is 2.44 bits per heavy atom. The van der Waals surface area contributed by atoms with Crippen LogP contribution in [-0.2, 0) is 0 Å². The van der Waals surface area contributed by atoms with Gasteiger partial charge in [0.2, 0.25) is 0 Å². The Kier molecular flexibility index (Phi) is 3.58. The van der Waals surface area contributed by atoms with Crippen molar-refractivity contribution in [3.63, 3.8) is 0 Å². The molecule has 0 radical (unpaired) electrons. The molecule has 0 aliphatic heterocycles. The Hall–Kier alpha value is -1.51. The molecule has 16 heavy (non-hydrogen) atoms. The fraction of sp³-hybridized carbons (Fsp3) is 0.462. The summed E-state index contributed by atoms with van der Waals surface area (Å²) in [4.78, 5) is 12.0. The van der Waals surface area contributed by atoms with Crippen molar-refractivity contribution in [2.75, 3.05) is 7.11 Å². The van der Waals surface area contributed by atoms with E-state index in [-0.39, 0.29) is 11.4 Å². The van der Waals surface area contributed by atoms with Crippen LogP contribution < -0.4 is 10.1 Å². The van der Waals surface area contributed by atoms with Gasteiger partial charge >= 0.3 is 0 Å². The second-order valence-electron chi connectivity index (χ2n) is 4.91. The number of carbonyl (C=O) groups excluding carboxylic acids is 1. The highest BCUT2D eigenvalue weighted by molar-refractivity contribution is 5.97. The van der Waals surface area contributed by atoms with Gasteiger partial charge in [0.25, 0.3) is 5.91 Å². The van der Waals surface area contributed by atoms with Crippen LogP contribution in [-0.4, -0.2) is 18.6 Å². The first-order valence-electron chi connectivity index (χ1n) is 5.30. The average Bonchev–Trinajstić information content (AvgIpc) is 2.14. The van der Waals surface area contributed by atoms with Gasteiger partial charge in [0.1, 0.15) is 5.75 Å². The zero-order valence-corrected chi connectivity index (χ0v) is 10.5. The largest absolute Gasteiger partial charge is 0.496 e. The normalized spacial score (nSPS) is 11.1. The molecule has 0 aromatic heterocycles. The van der Waals surface area contributed by atoms with Gasteiger partial charge in [-0.3, -0.25) is 4.79 Å². The van der Waals surface area contributed by atoms with Gasteiger partial charge in [-0.25, -0.2) is 0 Å². The highest BCUT2D eigenvalue weighted by Crippen LogP contribution is 2.20. The molecule has 0 aliphatic carbocycles. The number of benzene rings is 1. The molecule has 3 heteroatoms. The van der Waals surface area contributed by atoms with Crippen LogP contribution in [0.4, 0.5) is 0 Å². The van der Waals surface area contributed by atoms with Crippen molar-refractivity contribution in [3.05, 3.63) is 29.3 Å². The maximum Gasteiger partial charge on any atom is 0.255 e. The lowest BCUT2D eigenvalue weighted by Crippen LogP contribution is -2.40. The molecule has 88 valence electrons. The van der Waals surface area contributed by atoms with E-state index in [2.05, 4.69) is 5.32 Å². The van der Waals surface area contributed by atoms with Crippen LogP contribution in [0.3, 0.4) is 0 Å². The average molecular weight is 221 g/mol. The Balaban J connectivity index is 2.99. The van der Waals surface area contributed by atoms with Gasteiger partial charge in [0.15, 0.2) is 0 Å². The van der Waals surface area contributed by atoms with E-state index in [1.165, 1.54) is 0 Å². The zero-order valence-electron chi connectivity index (χ0n) is 10.5. The van der Waals surface area contributed by atoms with Gasteiger partial charge in [0, 0.05) is 5.54 Å². The molecular formula is C13H19NO2. The molecule has 0 unspecified atom stereocenters. The minimum absolute atomic E-state index is 0.107. The van der Waals surface area contributed by atoms with E-state index in [1.807, 2.05) is 39.8 Å². The molecule has 0 bridgehead atoms. The van der Waals surface area contributed by atoms with E-state index >= 15 is 0 Å². The van der Waals surface area contributed by atoms with Crippen molar-refractivity contribution in [1.29, 1.82) is 0 Å². The summed E-state index contributed by atoms with van der Waals surface area (Å²) in [6.07, 6.45) is 0. The van der Waals surface area contributed by atoms with Gasteiger partial charge in [-0.05, 0) is 45.4 Å². The number of ether oxygens (including phenoxy) is 1. The SMILES string of the molecule is COc1cc(C)ccc1C(=O)NC(C)(C)C. The van der Waals surface area contributed by atoms with E-state index in [0.717, 1.165) is 5.56 Å². The van der Waals surface area contributed by atoms with Gasteiger partial charge in [0.05, 0.1) is 12.7 Å². The summed E-state index contributed by atoms with van der Waals surface area (Å²) in [5.41, 5.74) is 1.40. The van der Waals surface area contributed by atoms with E-state index in [1.54, 1.807) is 13.2 Å². The van der Waals surface area contributed by atoms with Crippen LogP contribution in [0.1, 0.15) is 36.7 Å². The first kappa shape index (κ1) is 12.6. The lowest BCUT2D eigenvalue weighted by Gasteiger charge is -2.21. The Morgan fingerprint density at radius 1 is 1.31 bits per heavy atom. The van der Waals surface area contributed by atoms with E-state index in [9.17, 15) is 4.79 Å². The standard InChI is InChI=1S/C13H19NO2/c1-9-6-7-10(11(8-9)16-5)12(15)14-13(2,3)4/h6-8H,1-5H3,(H,14,15). The van der Waals surface area contributed by atoms with Gasteiger partial charge in [-0.1, -0.05) is 6.07 Å². The summed E-state index contributed by atoms with van der Waals surface area (Å²) in [7, 11) is 1.57. The van der Waals surface area contributed by atoms with Crippen LogP contribution in [0.15, 0.2) is 18.2 Å². The molecule has 1 aromatic carbocycles. The van der Waals surface area contributed by atoms with Gasteiger partial charge < -0.3 is 10.1 Å². The quantitative estimate of drug-likeness (QED) is 0.833. The van der Waals surface area contributed by atoms with Crippen molar-refractivity contribution < 1.29 is 9.53 Å². The second kappa shape index (κ2) is 4.56. The number of aryl methyl sites for hydroxylation is 1. The lowest BCUT2D eigenvalue weighted by molar-refractivity contribution is 0.0916. The Morgan fingerprint density at radius 2 is 1.94 bits per heavy atom. The topological polar surface area (TPSA) is 38.3 Å². The molecule has 0 saturated heterocycles. The van der Waals surface area contributed by atoms with E-state index in [4.69, 9.17) is 4.74 Å². The van der Waals surface area contributed by atoms with Crippen LogP contribution >= 0.6 is 0 Å². The van der Waals surface area contributed by atoms with E-state index < -0.39 is 0 Å². The molecule has 3 nitrogen and oxygen atoms in total. The number of hydrogen-bond donors (Lipinski definition) is 1. The van der Waals surface area contributed by atoms with Gasteiger partial charge in [-0.15, -0.1) is 0 Å². The summed E-state index contributed by atoms with van der Waals surface area (Å²) >= 11 is 0. The molecule has 0 saturated carbocycles. The molecule has 0 spiro atoms. The summed E-state index contributed by atoms with van der Waals surface area (Å²) in [6, 6.07) is 5.55. The van der Waals surface area contributed by atoms with Crippen LogP contribution in [0.2, 0.25) is 0 Å². The lowest BCUT2D eigenvalue weighted by atomic mass is 10.1. The minimum Gasteiger partial charge on any atom is -0.496 e. The Bertz CT molecular complexity index is 391. The number of methoxy groups -OCH3 is 1. The molecule has 0 fully saturated rings. The number of rotatable bonds is 2. The Labute approximate surface area is 96.8 Å². The van der Waals surface area contributed by atoms with Crippen molar-refractivity contribution in [2.45, 2.75) is 33.2 Å². The third-order valence-electron chi connectivity index (χ3n) is 2.09. The highest BCUT2D eigenvalue weighted by atomic mass is 16.5. The monoisotopic (exact) mass is 221 g/mol. The number of hydrogen-bond acceptors (Lipinski definition) is 2. The predicted molar refractivity (Wildman–Crippen MR) is 65.0 cm³/mol. The summed E-state index contributed by atoms with van der Waals surface area (Å²) < 4.78 is 5.20. The molecule has 1 rings (SSSR count). The first-order valence-corrected chi connectivity index (χ1v) is 5.30. The summed E-state index contributed by atoms with van der Waals surface area (Å²) in [5, 5.41) is 2.91. The molecule has 0 heterocycles. The fourth-order valence-electron chi connectivity index (χ4n) is 1.39. The predicted octanol–water partition coefficient (Wildman–Crippen LogP) is 2.53. The maximum atomic E-state index is 12.0.